The molecule has 15 heavy (non-hydrogen) atoms. The van der Waals surface area contributed by atoms with Gasteiger partial charge in [-0.25, -0.2) is 0 Å². The van der Waals surface area contributed by atoms with E-state index in [0.717, 1.165) is 18.7 Å². The van der Waals surface area contributed by atoms with Crippen molar-refractivity contribution in [3.8, 4) is 0 Å². The molecule has 7 N–H and O–H groups in total. The molecule has 0 spiro atoms. The fourth-order valence-electron chi connectivity index (χ4n) is 0.576. The zero-order chi connectivity index (χ0) is 12.3. The zero-order valence-electron chi connectivity index (χ0n) is 9.97. The number of amides is 1. The molecular weight excluding hydrogens is 192 g/mol. The minimum Gasteiger partial charge on any atom is -0.366 e. The highest BCUT2D eigenvalue weighted by molar-refractivity contribution is 5.91. The number of rotatable bonds is 5. The number of hydrogen-bond acceptors (Lipinski definition) is 4. The first kappa shape index (κ1) is 16.5. The van der Waals surface area contributed by atoms with Gasteiger partial charge >= 0.3 is 0 Å². The summed E-state index contributed by atoms with van der Waals surface area (Å²) in [5.74, 6) is -0.329. The molecular formula is C10H24N4O. The van der Waals surface area contributed by atoms with E-state index in [-0.39, 0.29) is 5.91 Å². The molecule has 0 aromatic carbocycles. The second-order valence-corrected chi connectivity index (χ2v) is 3.32. The van der Waals surface area contributed by atoms with E-state index in [1.807, 2.05) is 13.8 Å². The molecule has 1 amide bonds. The summed E-state index contributed by atoms with van der Waals surface area (Å²) in [6.45, 7) is 8.58. The molecule has 0 saturated heterocycles. The number of carbonyl (C=O) groups is 1. The molecule has 0 unspecified atom stereocenters. The van der Waals surface area contributed by atoms with Gasteiger partial charge in [-0.3, -0.25) is 4.79 Å². The lowest BCUT2D eigenvalue weighted by Crippen LogP contribution is -2.27. The average Bonchev–Trinajstić information content (AvgIpc) is 2.18. The van der Waals surface area contributed by atoms with Crippen LogP contribution in [0.25, 0.3) is 0 Å². The van der Waals surface area contributed by atoms with E-state index in [4.69, 9.17) is 17.2 Å². The molecule has 0 aliphatic carbocycles. The van der Waals surface area contributed by atoms with Crippen LogP contribution in [0.5, 0.6) is 0 Å². The number of nitrogens with two attached hydrogens (primary N) is 3. The molecule has 0 saturated carbocycles. The Balaban J connectivity index is 0. The molecule has 5 heteroatoms. The zero-order valence-corrected chi connectivity index (χ0v) is 9.97. The van der Waals surface area contributed by atoms with Gasteiger partial charge in [-0.15, -0.1) is 0 Å². The van der Waals surface area contributed by atoms with E-state index in [2.05, 4.69) is 5.32 Å². The molecule has 0 aliphatic heterocycles. The van der Waals surface area contributed by atoms with E-state index < -0.39 is 0 Å². The summed E-state index contributed by atoms with van der Waals surface area (Å²) < 4.78 is 0. The highest BCUT2D eigenvalue weighted by Gasteiger charge is 1.96. The summed E-state index contributed by atoms with van der Waals surface area (Å²) >= 11 is 0. The van der Waals surface area contributed by atoms with Crippen LogP contribution in [0.3, 0.4) is 0 Å². The maximum atomic E-state index is 10.3. The highest BCUT2D eigenvalue weighted by Crippen LogP contribution is 1.98. The monoisotopic (exact) mass is 216 g/mol. The first-order valence-corrected chi connectivity index (χ1v) is 5.02. The van der Waals surface area contributed by atoms with Crippen LogP contribution in [0.15, 0.2) is 11.1 Å². The van der Waals surface area contributed by atoms with Crippen molar-refractivity contribution >= 4 is 5.91 Å². The Morgan fingerprint density at radius 2 is 1.47 bits per heavy atom. The van der Waals surface area contributed by atoms with Crippen molar-refractivity contribution in [2.75, 3.05) is 26.2 Å². The second-order valence-electron chi connectivity index (χ2n) is 3.32. The number of hydrogen-bond donors (Lipinski definition) is 4. The van der Waals surface area contributed by atoms with Gasteiger partial charge in [0, 0.05) is 31.8 Å². The van der Waals surface area contributed by atoms with Crippen molar-refractivity contribution in [1.82, 2.24) is 5.32 Å². The summed E-state index contributed by atoms with van der Waals surface area (Å²) in [4.78, 5) is 10.3. The lowest BCUT2D eigenvalue weighted by Gasteiger charge is -1.95. The Kier molecular flexibility index (Phi) is 12.3. The first-order valence-electron chi connectivity index (χ1n) is 5.02. The normalized spacial score (nSPS) is 8.87. The van der Waals surface area contributed by atoms with Crippen molar-refractivity contribution in [2.45, 2.75) is 20.8 Å². The molecule has 0 aliphatic rings. The maximum absolute atomic E-state index is 10.3. The van der Waals surface area contributed by atoms with Crippen molar-refractivity contribution in [3.05, 3.63) is 11.1 Å². The predicted octanol–water partition coefficient (Wildman–Crippen LogP) is -0.679. The predicted molar refractivity (Wildman–Crippen MR) is 64.2 cm³/mol. The van der Waals surface area contributed by atoms with E-state index in [0.29, 0.717) is 18.7 Å². The van der Waals surface area contributed by atoms with Crippen LogP contribution >= 0.6 is 0 Å². The van der Waals surface area contributed by atoms with E-state index in [1.54, 1.807) is 6.92 Å². The number of allylic oxidation sites excluding steroid dienone is 1. The summed E-state index contributed by atoms with van der Waals surface area (Å²) in [6, 6.07) is 0. The van der Waals surface area contributed by atoms with Gasteiger partial charge in [0.15, 0.2) is 0 Å². The Morgan fingerprint density at radius 3 is 1.60 bits per heavy atom. The lowest BCUT2D eigenvalue weighted by atomic mass is 10.2. The van der Waals surface area contributed by atoms with E-state index >= 15 is 0 Å². The molecule has 0 radical (unpaired) electrons. The van der Waals surface area contributed by atoms with Crippen LogP contribution < -0.4 is 22.5 Å². The van der Waals surface area contributed by atoms with Crippen molar-refractivity contribution < 1.29 is 4.79 Å². The van der Waals surface area contributed by atoms with Gasteiger partial charge in [0.25, 0.3) is 0 Å². The lowest BCUT2D eigenvalue weighted by molar-refractivity contribution is -0.114. The van der Waals surface area contributed by atoms with E-state index in [9.17, 15) is 4.79 Å². The third-order valence-corrected chi connectivity index (χ3v) is 1.76. The van der Waals surface area contributed by atoms with Crippen molar-refractivity contribution in [2.24, 2.45) is 17.2 Å². The largest absolute Gasteiger partial charge is 0.366 e. The molecule has 0 rings (SSSR count). The summed E-state index contributed by atoms with van der Waals surface area (Å²) in [5.41, 5.74) is 16.9. The minimum atomic E-state index is -0.329. The standard InChI is InChI=1S/C6H11NO.C4H13N3/c1-4(2)5(3)6(7)8;5-1-3-7-4-2-6/h1-3H3,(H2,7,8);7H,1-6H2. The van der Waals surface area contributed by atoms with Crippen LogP contribution in [0.1, 0.15) is 20.8 Å². The van der Waals surface area contributed by atoms with Crippen LogP contribution in [-0.4, -0.2) is 32.1 Å². The average molecular weight is 216 g/mol. The van der Waals surface area contributed by atoms with Crippen LogP contribution in [0, 0.1) is 0 Å². The molecule has 90 valence electrons. The molecule has 5 nitrogen and oxygen atoms in total. The third-order valence-electron chi connectivity index (χ3n) is 1.76. The van der Waals surface area contributed by atoms with Crippen LogP contribution in [0.2, 0.25) is 0 Å². The SMILES string of the molecule is CC(C)=C(C)C(N)=O.NCCNCCN. The van der Waals surface area contributed by atoms with E-state index in [1.165, 1.54) is 0 Å². The Bertz CT molecular complexity index is 194. The molecule has 0 aromatic rings. The van der Waals surface area contributed by atoms with Crippen LogP contribution in [-0.2, 0) is 4.79 Å². The highest BCUT2D eigenvalue weighted by atomic mass is 16.1. The van der Waals surface area contributed by atoms with Crippen molar-refractivity contribution in [3.63, 3.8) is 0 Å². The minimum absolute atomic E-state index is 0.329. The molecule has 0 aromatic heterocycles. The summed E-state index contributed by atoms with van der Waals surface area (Å²) in [5, 5.41) is 3.03. The maximum Gasteiger partial charge on any atom is 0.244 e. The summed E-state index contributed by atoms with van der Waals surface area (Å²) in [7, 11) is 0. The molecule has 0 atom stereocenters. The van der Waals surface area contributed by atoms with Gasteiger partial charge in [-0.05, 0) is 20.8 Å². The number of carbonyl (C=O) groups excluding carboxylic acids is 1. The van der Waals surface area contributed by atoms with Gasteiger partial charge < -0.3 is 22.5 Å². The van der Waals surface area contributed by atoms with Gasteiger partial charge in [0.2, 0.25) is 5.91 Å². The van der Waals surface area contributed by atoms with Crippen molar-refractivity contribution in [1.29, 1.82) is 0 Å². The smallest absolute Gasteiger partial charge is 0.244 e. The number of nitrogens with one attached hydrogen (secondary N) is 1. The molecule has 0 bridgehead atoms. The first-order chi connectivity index (χ1) is 6.97. The molecule has 0 fully saturated rings. The second kappa shape index (κ2) is 11.2. The molecule has 0 heterocycles. The Morgan fingerprint density at radius 1 is 1.07 bits per heavy atom. The summed E-state index contributed by atoms with van der Waals surface area (Å²) in [6.07, 6.45) is 0. The van der Waals surface area contributed by atoms with Crippen LogP contribution in [0.4, 0.5) is 0 Å². The third kappa shape index (κ3) is 13.1. The fourth-order valence-corrected chi connectivity index (χ4v) is 0.576. The quantitative estimate of drug-likeness (QED) is 0.361. The fraction of sp³-hybridized carbons (Fsp3) is 0.700. The van der Waals surface area contributed by atoms with Gasteiger partial charge in [0.05, 0.1) is 0 Å². The Hall–Kier alpha value is -0.910. The topological polar surface area (TPSA) is 107 Å². The van der Waals surface area contributed by atoms with Gasteiger partial charge in [-0.2, -0.15) is 0 Å². The van der Waals surface area contributed by atoms with Gasteiger partial charge in [0.1, 0.15) is 0 Å². The Labute approximate surface area is 92.1 Å². The number of primary amides is 1. The van der Waals surface area contributed by atoms with Gasteiger partial charge in [-0.1, -0.05) is 5.57 Å².